The fraction of sp³-hybridized carbons (Fsp3) is 0.357. The van der Waals surface area contributed by atoms with Crippen molar-refractivity contribution in [3.8, 4) is 5.69 Å². The van der Waals surface area contributed by atoms with Gasteiger partial charge in [-0.2, -0.15) is 5.10 Å². The van der Waals surface area contributed by atoms with Crippen LogP contribution in [0, 0.1) is 0 Å². The summed E-state index contributed by atoms with van der Waals surface area (Å²) in [5, 5.41) is 4.93. The molecule has 4 aromatic rings. The van der Waals surface area contributed by atoms with E-state index in [-0.39, 0.29) is 11.8 Å². The number of nitrogens with zero attached hydrogens (tertiary/aromatic N) is 6. The highest BCUT2D eigenvalue weighted by molar-refractivity contribution is 6.30. The number of ether oxygens (including phenoxy) is 1. The lowest BCUT2D eigenvalue weighted by Crippen LogP contribution is -2.50. The number of fused-ring (bicyclic) bond motifs is 1. The maximum Gasteiger partial charge on any atom is 0.245 e. The number of alkyl halides is 1. The number of piperazine rings is 1. The molecule has 9 heteroatoms. The average Bonchev–Trinajstić information content (AvgIpc) is 3.41. The molecule has 8 nitrogen and oxygen atoms in total. The number of rotatable bonds is 5. The smallest absolute Gasteiger partial charge is 0.245 e. The van der Waals surface area contributed by atoms with E-state index in [1.54, 1.807) is 0 Å². The highest BCUT2D eigenvalue weighted by atomic mass is 35.5. The van der Waals surface area contributed by atoms with E-state index in [2.05, 4.69) is 10.00 Å². The van der Waals surface area contributed by atoms with Crippen LogP contribution in [0.1, 0.15) is 35.5 Å². The van der Waals surface area contributed by atoms with E-state index in [4.69, 9.17) is 26.3 Å². The standard InChI is InChI=1S/C28H29ClN6O2/c29-24(20-7-3-1-4-8-20)28(36)34-15-13-33(14-16-34)26-23-19-30-35(22-9-5-2-6-10-22)27(23)32-25(31-26)21-11-17-37-18-12-21/h1-10,19,21,24H,11-18H2/t24-/m1/s1. The largest absolute Gasteiger partial charge is 0.381 e. The van der Waals surface area contributed by atoms with Crippen molar-refractivity contribution in [2.45, 2.75) is 24.1 Å². The van der Waals surface area contributed by atoms with Gasteiger partial charge in [-0.15, -0.1) is 11.6 Å². The van der Waals surface area contributed by atoms with Crippen LogP contribution in [0.4, 0.5) is 5.82 Å². The van der Waals surface area contributed by atoms with E-state index in [0.717, 1.165) is 60.0 Å². The Balaban J connectivity index is 1.29. The molecular weight excluding hydrogens is 488 g/mol. The minimum atomic E-state index is -0.678. The molecule has 1 amide bonds. The topological polar surface area (TPSA) is 76.4 Å². The Morgan fingerprint density at radius 2 is 1.59 bits per heavy atom. The first-order valence-corrected chi connectivity index (χ1v) is 13.2. The quantitative estimate of drug-likeness (QED) is 0.367. The van der Waals surface area contributed by atoms with Crippen LogP contribution in [-0.4, -0.2) is 69.9 Å². The molecule has 0 unspecified atom stereocenters. The summed E-state index contributed by atoms with van der Waals surface area (Å²) in [6.07, 6.45) is 3.67. The second kappa shape index (κ2) is 10.5. The van der Waals surface area contributed by atoms with Crippen LogP contribution in [0.2, 0.25) is 0 Å². The Kier molecular flexibility index (Phi) is 6.76. The van der Waals surface area contributed by atoms with Crippen LogP contribution in [0.3, 0.4) is 0 Å². The molecular formula is C28H29ClN6O2. The van der Waals surface area contributed by atoms with Gasteiger partial charge >= 0.3 is 0 Å². The minimum Gasteiger partial charge on any atom is -0.381 e. The molecule has 0 aliphatic carbocycles. The van der Waals surface area contributed by atoms with E-state index in [9.17, 15) is 4.79 Å². The normalized spacial score (nSPS) is 17.8. The third-order valence-electron chi connectivity index (χ3n) is 7.21. The first kappa shape index (κ1) is 23.9. The molecule has 4 heterocycles. The Bertz CT molecular complexity index is 1370. The van der Waals surface area contributed by atoms with Crippen molar-refractivity contribution < 1.29 is 9.53 Å². The highest BCUT2D eigenvalue weighted by Gasteiger charge is 2.30. The van der Waals surface area contributed by atoms with Gasteiger partial charge in [-0.3, -0.25) is 4.79 Å². The van der Waals surface area contributed by atoms with Crippen LogP contribution in [-0.2, 0) is 9.53 Å². The lowest BCUT2D eigenvalue weighted by atomic mass is 9.99. The first-order chi connectivity index (χ1) is 18.2. The number of carbonyl (C=O) groups is 1. The molecule has 1 atom stereocenters. The third kappa shape index (κ3) is 4.79. The van der Waals surface area contributed by atoms with Gasteiger partial charge in [0.05, 0.1) is 17.3 Å². The molecule has 37 heavy (non-hydrogen) atoms. The number of benzene rings is 2. The second-order valence-corrected chi connectivity index (χ2v) is 9.94. The Morgan fingerprint density at radius 1 is 0.919 bits per heavy atom. The van der Waals surface area contributed by atoms with Crippen LogP contribution in [0.5, 0.6) is 0 Å². The number of carbonyl (C=O) groups excluding carboxylic acids is 1. The lowest BCUT2D eigenvalue weighted by molar-refractivity contribution is -0.131. The summed E-state index contributed by atoms with van der Waals surface area (Å²) < 4.78 is 7.48. The van der Waals surface area contributed by atoms with E-state index in [1.165, 1.54) is 0 Å². The molecule has 0 spiro atoms. The molecule has 2 fully saturated rings. The SMILES string of the molecule is O=C([C@H](Cl)c1ccccc1)N1CCN(c2nc(C3CCOCC3)nc3c2cnn3-c2ccccc2)CC1. The van der Waals surface area contributed by atoms with Crippen LogP contribution >= 0.6 is 11.6 Å². The number of aromatic nitrogens is 4. The van der Waals surface area contributed by atoms with Crippen molar-refractivity contribution in [1.82, 2.24) is 24.6 Å². The molecule has 190 valence electrons. The molecule has 6 rings (SSSR count). The summed E-state index contributed by atoms with van der Waals surface area (Å²) in [5.74, 6) is 1.92. The van der Waals surface area contributed by atoms with E-state index in [1.807, 2.05) is 76.4 Å². The molecule has 0 bridgehead atoms. The van der Waals surface area contributed by atoms with Crippen LogP contribution in [0.15, 0.2) is 66.9 Å². The average molecular weight is 517 g/mol. The summed E-state index contributed by atoms with van der Waals surface area (Å²) in [7, 11) is 0. The first-order valence-electron chi connectivity index (χ1n) is 12.8. The number of amides is 1. The van der Waals surface area contributed by atoms with Crippen LogP contribution < -0.4 is 4.90 Å². The number of hydrogen-bond donors (Lipinski definition) is 0. The van der Waals surface area contributed by atoms with Gasteiger partial charge in [0.1, 0.15) is 17.0 Å². The second-order valence-electron chi connectivity index (χ2n) is 9.51. The maximum atomic E-state index is 13.1. The van der Waals surface area contributed by atoms with Gasteiger partial charge in [0, 0.05) is 45.3 Å². The van der Waals surface area contributed by atoms with Gasteiger partial charge < -0.3 is 14.5 Å². The summed E-state index contributed by atoms with van der Waals surface area (Å²) >= 11 is 6.54. The predicted octanol–water partition coefficient (Wildman–Crippen LogP) is 4.34. The summed E-state index contributed by atoms with van der Waals surface area (Å²) in [6, 6.07) is 19.6. The molecule has 2 aromatic heterocycles. The summed E-state index contributed by atoms with van der Waals surface area (Å²) in [6.45, 7) is 3.95. The third-order valence-corrected chi connectivity index (χ3v) is 7.65. The molecule has 0 radical (unpaired) electrons. The van der Waals surface area contributed by atoms with Gasteiger partial charge in [0.2, 0.25) is 5.91 Å². The van der Waals surface area contributed by atoms with E-state index < -0.39 is 5.38 Å². The lowest BCUT2D eigenvalue weighted by Gasteiger charge is -2.36. The van der Waals surface area contributed by atoms with Gasteiger partial charge in [0.25, 0.3) is 0 Å². The summed E-state index contributed by atoms with van der Waals surface area (Å²) in [5.41, 5.74) is 2.59. The molecule has 2 saturated heterocycles. The number of para-hydroxylation sites is 1. The summed E-state index contributed by atoms with van der Waals surface area (Å²) in [4.78, 5) is 27.3. The molecule has 2 aliphatic rings. The highest BCUT2D eigenvalue weighted by Crippen LogP contribution is 2.32. The van der Waals surface area contributed by atoms with Crippen molar-refractivity contribution in [2.24, 2.45) is 0 Å². The van der Waals surface area contributed by atoms with Gasteiger partial charge in [0.15, 0.2) is 5.65 Å². The van der Waals surface area contributed by atoms with E-state index >= 15 is 0 Å². The zero-order chi connectivity index (χ0) is 25.2. The van der Waals surface area contributed by atoms with Crippen molar-refractivity contribution in [3.05, 3.63) is 78.2 Å². The van der Waals surface area contributed by atoms with Crippen molar-refractivity contribution in [2.75, 3.05) is 44.3 Å². The van der Waals surface area contributed by atoms with Gasteiger partial charge in [-0.1, -0.05) is 48.5 Å². The predicted molar refractivity (Wildman–Crippen MR) is 143 cm³/mol. The van der Waals surface area contributed by atoms with E-state index in [0.29, 0.717) is 26.2 Å². The number of anilines is 1. The minimum absolute atomic E-state index is 0.0554. The van der Waals surface area contributed by atoms with Crippen molar-refractivity contribution >= 4 is 34.4 Å². The molecule has 2 aliphatic heterocycles. The fourth-order valence-electron chi connectivity index (χ4n) is 5.11. The maximum absolute atomic E-state index is 13.1. The molecule has 2 aromatic carbocycles. The Morgan fingerprint density at radius 3 is 2.30 bits per heavy atom. The fourth-order valence-corrected chi connectivity index (χ4v) is 5.39. The number of halogens is 1. The Hall–Kier alpha value is -3.49. The van der Waals surface area contributed by atoms with Crippen LogP contribution in [0.25, 0.3) is 16.7 Å². The monoisotopic (exact) mass is 516 g/mol. The molecule has 0 saturated carbocycles. The van der Waals surface area contributed by atoms with Crippen molar-refractivity contribution in [1.29, 1.82) is 0 Å². The number of hydrogen-bond acceptors (Lipinski definition) is 6. The zero-order valence-electron chi connectivity index (χ0n) is 20.5. The van der Waals surface area contributed by atoms with Crippen molar-refractivity contribution in [3.63, 3.8) is 0 Å². The Labute approximate surface area is 220 Å². The van der Waals surface area contributed by atoms with Gasteiger partial charge in [-0.05, 0) is 30.5 Å². The zero-order valence-corrected chi connectivity index (χ0v) is 21.3. The molecule has 0 N–H and O–H groups in total. The van der Waals surface area contributed by atoms with Gasteiger partial charge in [-0.25, -0.2) is 14.6 Å².